The molecule has 108 valence electrons. The normalized spacial score (nSPS) is 12.6. The van der Waals surface area contributed by atoms with Gasteiger partial charge in [-0.25, -0.2) is 0 Å². The molecular formula is C15H16BrCl2NS. The maximum atomic E-state index is 6.09. The molecule has 1 N–H and O–H groups in total. The van der Waals surface area contributed by atoms with Gasteiger partial charge in [0.05, 0.1) is 13.8 Å². The Kier molecular flexibility index (Phi) is 6.37. The number of thiophene rings is 1. The first kappa shape index (κ1) is 16.3. The minimum absolute atomic E-state index is 0.309. The zero-order valence-corrected chi connectivity index (χ0v) is 15.0. The Balaban J connectivity index is 2.16. The molecule has 1 aromatic heterocycles. The van der Waals surface area contributed by atoms with Crippen molar-refractivity contribution in [1.82, 2.24) is 5.32 Å². The van der Waals surface area contributed by atoms with E-state index >= 15 is 0 Å². The molecule has 0 radical (unpaired) electrons. The van der Waals surface area contributed by atoms with Crippen LogP contribution in [0.4, 0.5) is 0 Å². The van der Waals surface area contributed by atoms with E-state index < -0.39 is 0 Å². The van der Waals surface area contributed by atoms with E-state index in [1.807, 2.05) is 18.2 Å². The van der Waals surface area contributed by atoms with E-state index in [2.05, 4.69) is 40.3 Å². The third-order valence-electron chi connectivity index (χ3n) is 3.00. The maximum absolute atomic E-state index is 6.09. The third-order valence-corrected chi connectivity index (χ3v) is 5.48. The summed E-state index contributed by atoms with van der Waals surface area (Å²) < 4.78 is 1.16. The molecule has 1 aromatic carbocycles. The highest BCUT2D eigenvalue weighted by Gasteiger charge is 2.14. The summed E-state index contributed by atoms with van der Waals surface area (Å²) in [5.74, 6) is 0. The van der Waals surface area contributed by atoms with Crippen LogP contribution in [0.5, 0.6) is 0 Å². The lowest BCUT2D eigenvalue weighted by atomic mass is 10.0. The van der Waals surface area contributed by atoms with Crippen LogP contribution in [0.2, 0.25) is 10.0 Å². The maximum Gasteiger partial charge on any atom is 0.0701 e. The SMILES string of the molecule is CCCNC(Cc1ccc(Cl)c(Cl)c1)c1ccc(Br)s1. The lowest BCUT2D eigenvalue weighted by molar-refractivity contribution is 0.536. The van der Waals surface area contributed by atoms with Gasteiger partial charge in [0.25, 0.3) is 0 Å². The molecule has 1 heterocycles. The van der Waals surface area contributed by atoms with Crippen LogP contribution in [0.25, 0.3) is 0 Å². The van der Waals surface area contributed by atoms with Gasteiger partial charge in [0.15, 0.2) is 0 Å². The Hall–Kier alpha value is -0.0600. The number of hydrogen-bond donors (Lipinski definition) is 1. The van der Waals surface area contributed by atoms with Crippen LogP contribution < -0.4 is 5.32 Å². The highest BCUT2D eigenvalue weighted by atomic mass is 79.9. The fourth-order valence-corrected chi connectivity index (χ4v) is 3.83. The third kappa shape index (κ3) is 4.47. The molecule has 0 amide bonds. The van der Waals surface area contributed by atoms with Gasteiger partial charge in [-0.2, -0.15) is 0 Å². The molecule has 0 aliphatic heterocycles. The zero-order valence-electron chi connectivity index (χ0n) is 11.1. The van der Waals surface area contributed by atoms with Crippen LogP contribution in [-0.2, 0) is 6.42 Å². The number of rotatable bonds is 6. The summed E-state index contributed by atoms with van der Waals surface area (Å²) in [6.45, 7) is 3.18. The van der Waals surface area contributed by atoms with Crippen molar-refractivity contribution in [2.45, 2.75) is 25.8 Å². The number of halogens is 3. The van der Waals surface area contributed by atoms with Gasteiger partial charge in [-0.05, 0) is 65.1 Å². The standard InChI is InChI=1S/C15H16BrCl2NS/c1-2-7-19-13(14-5-6-15(16)20-14)9-10-3-4-11(17)12(18)8-10/h3-6,8,13,19H,2,7,9H2,1H3. The second-order valence-corrected chi connectivity index (χ2v) is 7.91. The van der Waals surface area contributed by atoms with E-state index in [-0.39, 0.29) is 0 Å². The van der Waals surface area contributed by atoms with Crippen molar-refractivity contribution in [3.63, 3.8) is 0 Å². The van der Waals surface area contributed by atoms with Gasteiger partial charge in [0, 0.05) is 10.9 Å². The Labute approximate surface area is 142 Å². The second-order valence-electron chi connectivity index (χ2n) is 4.60. The first-order valence-corrected chi connectivity index (χ1v) is 8.89. The summed E-state index contributed by atoms with van der Waals surface area (Å²) >= 11 is 17.4. The van der Waals surface area contributed by atoms with Crippen molar-refractivity contribution >= 4 is 50.5 Å². The molecule has 2 aromatic rings. The summed E-state index contributed by atoms with van der Waals surface area (Å²) in [4.78, 5) is 1.33. The van der Waals surface area contributed by atoms with Gasteiger partial charge in [0.1, 0.15) is 0 Å². The van der Waals surface area contributed by atoms with Crippen LogP contribution in [-0.4, -0.2) is 6.54 Å². The van der Waals surface area contributed by atoms with Gasteiger partial charge < -0.3 is 5.32 Å². The summed E-state index contributed by atoms with van der Waals surface area (Å²) in [7, 11) is 0. The largest absolute Gasteiger partial charge is 0.309 e. The lowest BCUT2D eigenvalue weighted by Crippen LogP contribution is -2.23. The predicted octanol–water partition coefficient (Wildman–Crippen LogP) is 6.10. The minimum Gasteiger partial charge on any atom is -0.309 e. The number of benzene rings is 1. The molecule has 2 rings (SSSR count). The van der Waals surface area contributed by atoms with Gasteiger partial charge in [-0.15, -0.1) is 11.3 Å². The van der Waals surface area contributed by atoms with Crippen molar-refractivity contribution in [1.29, 1.82) is 0 Å². The summed E-state index contributed by atoms with van der Waals surface area (Å²) in [6, 6.07) is 10.4. The molecule has 0 saturated carbocycles. The molecular weight excluding hydrogens is 377 g/mol. The first-order chi connectivity index (χ1) is 9.60. The van der Waals surface area contributed by atoms with Crippen LogP contribution in [0.1, 0.15) is 29.8 Å². The van der Waals surface area contributed by atoms with Crippen molar-refractivity contribution in [3.8, 4) is 0 Å². The van der Waals surface area contributed by atoms with Crippen molar-refractivity contribution in [3.05, 3.63) is 54.6 Å². The number of hydrogen-bond acceptors (Lipinski definition) is 2. The molecule has 0 bridgehead atoms. The van der Waals surface area contributed by atoms with E-state index in [9.17, 15) is 0 Å². The fraction of sp³-hybridized carbons (Fsp3) is 0.333. The van der Waals surface area contributed by atoms with E-state index in [1.165, 1.54) is 10.4 Å². The summed E-state index contributed by atoms with van der Waals surface area (Å²) in [5.41, 5.74) is 1.19. The topological polar surface area (TPSA) is 12.0 Å². The van der Waals surface area contributed by atoms with Gasteiger partial charge in [-0.3, -0.25) is 0 Å². The first-order valence-electron chi connectivity index (χ1n) is 6.52. The summed E-state index contributed by atoms with van der Waals surface area (Å²) in [6.07, 6.45) is 2.02. The Morgan fingerprint density at radius 2 is 2.00 bits per heavy atom. The average molecular weight is 393 g/mol. The predicted molar refractivity (Wildman–Crippen MR) is 93.2 cm³/mol. The van der Waals surface area contributed by atoms with E-state index in [1.54, 1.807) is 11.3 Å². The fourth-order valence-electron chi connectivity index (χ4n) is 2.01. The van der Waals surface area contributed by atoms with Crippen LogP contribution in [0.15, 0.2) is 34.1 Å². The van der Waals surface area contributed by atoms with Crippen LogP contribution >= 0.6 is 50.5 Å². The van der Waals surface area contributed by atoms with Crippen LogP contribution in [0, 0.1) is 0 Å². The molecule has 0 aliphatic carbocycles. The van der Waals surface area contributed by atoms with Crippen LogP contribution in [0.3, 0.4) is 0 Å². The molecule has 0 saturated heterocycles. The zero-order chi connectivity index (χ0) is 14.5. The van der Waals surface area contributed by atoms with E-state index in [0.717, 1.165) is 23.2 Å². The quantitative estimate of drug-likeness (QED) is 0.625. The van der Waals surface area contributed by atoms with Crippen molar-refractivity contribution in [2.24, 2.45) is 0 Å². The minimum atomic E-state index is 0.309. The molecule has 0 spiro atoms. The molecule has 1 atom stereocenters. The summed E-state index contributed by atoms with van der Waals surface area (Å²) in [5, 5.41) is 4.82. The lowest BCUT2D eigenvalue weighted by Gasteiger charge is -2.17. The Morgan fingerprint density at radius 3 is 2.60 bits per heavy atom. The van der Waals surface area contributed by atoms with Gasteiger partial charge in [0.2, 0.25) is 0 Å². The van der Waals surface area contributed by atoms with Crippen molar-refractivity contribution in [2.75, 3.05) is 6.54 Å². The van der Waals surface area contributed by atoms with Gasteiger partial charge >= 0.3 is 0 Å². The van der Waals surface area contributed by atoms with E-state index in [0.29, 0.717) is 16.1 Å². The second kappa shape index (κ2) is 7.81. The highest BCUT2D eigenvalue weighted by molar-refractivity contribution is 9.11. The Morgan fingerprint density at radius 1 is 1.20 bits per heavy atom. The molecule has 20 heavy (non-hydrogen) atoms. The van der Waals surface area contributed by atoms with E-state index in [4.69, 9.17) is 23.2 Å². The molecule has 0 fully saturated rings. The monoisotopic (exact) mass is 391 g/mol. The number of nitrogens with one attached hydrogen (secondary N) is 1. The van der Waals surface area contributed by atoms with Crippen molar-refractivity contribution < 1.29 is 0 Å². The molecule has 1 unspecified atom stereocenters. The molecule has 0 aliphatic rings. The smallest absolute Gasteiger partial charge is 0.0701 e. The molecule has 5 heteroatoms. The highest BCUT2D eigenvalue weighted by Crippen LogP contribution is 2.31. The Bertz CT molecular complexity index is 571. The average Bonchev–Trinajstić information content (AvgIpc) is 2.85. The molecule has 1 nitrogen and oxygen atoms in total. The van der Waals surface area contributed by atoms with Gasteiger partial charge in [-0.1, -0.05) is 36.2 Å².